The average molecular weight is 147 g/mol. The molecule has 0 unspecified atom stereocenters. The van der Waals surface area contributed by atoms with Crippen molar-refractivity contribution in [3.63, 3.8) is 0 Å². The number of hydrazone groups is 1. The predicted octanol–water partition coefficient (Wildman–Crippen LogP) is 0.410. The molecule has 1 aliphatic rings. The Kier molecular flexibility index (Phi) is 1.28. The van der Waals surface area contributed by atoms with Crippen LogP contribution in [0, 0.1) is 0 Å². The summed E-state index contributed by atoms with van der Waals surface area (Å²) in [4.78, 5) is 0. The summed E-state index contributed by atoms with van der Waals surface area (Å²) in [5, 5.41) is 3.92. The number of hydrogen-bond acceptors (Lipinski definition) is 3. The van der Waals surface area contributed by atoms with Crippen LogP contribution in [0.2, 0.25) is 0 Å². The van der Waals surface area contributed by atoms with Crippen molar-refractivity contribution in [2.45, 2.75) is 6.54 Å². The van der Waals surface area contributed by atoms with Gasteiger partial charge in [0.05, 0.1) is 6.54 Å². The summed E-state index contributed by atoms with van der Waals surface area (Å²) in [5.74, 6) is 0.576. The van der Waals surface area contributed by atoms with E-state index in [1.54, 1.807) is 0 Å². The fourth-order valence-electron chi connectivity index (χ4n) is 1.19. The monoisotopic (exact) mass is 147 g/mol. The van der Waals surface area contributed by atoms with Gasteiger partial charge in [-0.2, -0.15) is 5.10 Å². The SMILES string of the molecule is NC1=NNCc2ccccc21. The van der Waals surface area contributed by atoms with Gasteiger partial charge in [-0.15, -0.1) is 0 Å². The summed E-state index contributed by atoms with van der Waals surface area (Å²) in [5.41, 5.74) is 10.7. The van der Waals surface area contributed by atoms with Gasteiger partial charge >= 0.3 is 0 Å². The maximum atomic E-state index is 5.63. The van der Waals surface area contributed by atoms with Gasteiger partial charge in [0, 0.05) is 5.56 Å². The van der Waals surface area contributed by atoms with Gasteiger partial charge in [-0.1, -0.05) is 24.3 Å². The quantitative estimate of drug-likeness (QED) is 0.558. The van der Waals surface area contributed by atoms with E-state index in [1.165, 1.54) is 5.56 Å². The molecule has 0 fully saturated rings. The van der Waals surface area contributed by atoms with E-state index in [2.05, 4.69) is 10.5 Å². The minimum absolute atomic E-state index is 0.576. The van der Waals surface area contributed by atoms with Gasteiger partial charge in [-0.25, -0.2) is 0 Å². The summed E-state index contributed by atoms with van der Waals surface area (Å²) < 4.78 is 0. The van der Waals surface area contributed by atoms with E-state index in [-0.39, 0.29) is 0 Å². The second-order valence-corrected chi connectivity index (χ2v) is 2.49. The number of fused-ring (bicyclic) bond motifs is 1. The highest BCUT2D eigenvalue weighted by Gasteiger charge is 2.08. The lowest BCUT2D eigenvalue weighted by Gasteiger charge is -2.13. The minimum atomic E-state index is 0.576. The van der Waals surface area contributed by atoms with E-state index in [4.69, 9.17) is 5.73 Å². The van der Waals surface area contributed by atoms with E-state index in [0.29, 0.717) is 5.84 Å². The van der Waals surface area contributed by atoms with Crippen LogP contribution in [-0.2, 0) is 6.54 Å². The number of nitrogens with two attached hydrogens (primary N) is 1. The molecular weight excluding hydrogens is 138 g/mol. The Morgan fingerprint density at radius 1 is 1.36 bits per heavy atom. The van der Waals surface area contributed by atoms with Crippen LogP contribution in [0.25, 0.3) is 0 Å². The number of amidine groups is 1. The molecule has 0 atom stereocenters. The maximum Gasteiger partial charge on any atom is 0.150 e. The topological polar surface area (TPSA) is 50.4 Å². The second kappa shape index (κ2) is 2.27. The Balaban J connectivity index is 2.56. The van der Waals surface area contributed by atoms with Gasteiger partial charge in [0.2, 0.25) is 0 Å². The molecule has 0 saturated heterocycles. The fourth-order valence-corrected chi connectivity index (χ4v) is 1.19. The third-order valence-electron chi connectivity index (χ3n) is 1.76. The lowest BCUT2D eigenvalue weighted by Crippen LogP contribution is -2.25. The number of hydrogen-bond donors (Lipinski definition) is 2. The number of rotatable bonds is 0. The zero-order valence-corrected chi connectivity index (χ0v) is 6.04. The normalized spacial score (nSPS) is 14.7. The minimum Gasteiger partial charge on any atom is -0.382 e. The molecule has 3 N–H and O–H groups in total. The van der Waals surface area contributed by atoms with E-state index >= 15 is 0 Å². The van der Waals surface area contributed by atoms with Gasteiger partial charge in [-0.3, -0.25) is 0 Å². The zero-order chi connectivity index (χ0) is 7.68. The lowest BCUT2D eigenvalue weighted by molar-refractivity contribution is 0.727. The van der Waals surface area contributed by atoms with Crippen molar-refractivity contribution in [3.05, 3.63) is 35.4 Å². The van der Waals surface area contributed by atoms with E-state index in [0.717, 1.165) is 12.1 Å². The highest BCUT2D eigenvalue weighted by molar-refractivity contribution is 5.99. The molecular formula is C8H9N3. The molecule has 1 aromatic carbocycles. The Labute approximate surface area is 64.9 Å². The van der Waals surface area contributed by atoms with Crippen molar-refractivity contribution in [1.82, 2.24) is 5.43 Å². The summed E-state index contributed by atoms with van der Waals surface area (Å²) in [6.45, 7) is 0.775. The highest BCUT2D eigenvalue weighted by atomic mass is 15.3. The van der Waals surface area contributed by atoms with Crippen molar-refractivity contribution in [2.75, 3.05) is 0 Å². The molecule has 0 radical (unpaired) electrons. The van der Waals surface area contributed by atoms with Crippen molar-refractivity contribution in [3.8, 4) is 0 Å². The van der Waals surface area contributed by atoms with Crippen LogP contribution in [0.3, 0.4) is 0 Å². The van der Waals surface area contributed by atoms with E-state index < -0.39 is 0 Å². The van der Waals surface area contributed by atoms with Gasteiger partial charge in [0.15, 0.2) is 5.84 Å². The van der Waals surface area contributed by atoms with E-state index in [9.17, 15) is 0 Å². The molecule has 2 rings (SSSR count). The Bertz CT molecular complexity index is 304. The fraction of sp³-hybridized carbons (Fsp3) is 0.125. The molecule has 56 valence electrons. The van der Waals surface area contributed by atoms with Crippen LogP contribution in [0.4, 0.5) is 0 Å². The number of nitrogens with one attached hydrogen (secondary N) is 1. The van der Waals surface area contributed by atoms with Gasteiger partial charge in [-0.05, 0) is 5.56 Å². The first kappa shape index (κ1) is 6.22. The molecule has 0 amide bonds. The molecule has 3 heteroatoms. The molecule has 11 heavy (non-hydrogen) atoms. The van der Waals surface area contributed by atoms with Gasteiger partial charge in [0.25, 0.3) is 0 Å². The van der Waals surface area contributed by atoms with Crippen LogP contribution in [0.15, 0.2) is 29.4 Å². The predicted molar refractivity (Wildman–Crippen MR) is 44.0 cm³/mol. The van der Waals surface area contributed by atoms with Crippen molar-refractivity contribution >= 4 is 5.84 Å². The highest BCUT2D eigenvalue weighted by Crippen LogP contribution is 2.10. The summed E-state index contributed by atoms with van der Waals surface area (Å²) in [7, 11) is 0. The largest absolute Gasteiger partial charge is 0.382 e. The molecule has 0 aliphatic carbocycles. The first-order valence-corrected chi connectivity index (χ1v) is 3.52. The molecule has 1 aromatic rings. The summed E-state index contributed by atoms with van der Waals surface area (Å²) in [6.07, 6.45) is 0. The third kappa shape index (κ3) is 0.941. The van der Waals surface area contributed by atoms with Crippen LogP contribution in [-0.4, -0.2) is 5.84 Å². The zero-order valence-electron chi connectivity index (χ0n) is 6.04. The first-order valence-electron chi connectivity index (χ1n) is 3.52. The van der Waals surface area contributed by atoms with Crippen LogP contribution < -0.4 is 11.2 Å². The van der Waals surface area contributed by atoms with Crippen molar-refractivity contribution < 1.29 is 0 Å². The molecule has 1 heterocycles. The summed E-state index contributed by atoms with van der Waals surface area (Å²) >= 11 is 0. The van der Waals surface area contributed by atoms with Gasteiger partial charge < -0.3 is 11.2 Å². The molecule has 0 aromatic heterocycles. The van der Waals surface area contributed by atoms with Crippen molar-refractivity contribution in [1.29, 1.82) is 0 Å². The van der Waals surface area contributed by atoms with Crippen LogP contribution in [0.5, 0.6) is 0 Å². The smallest absolute Gasteiger partial charge is 0.150 e. The lowest BCUT2D eigenvalue weighted by atomic mass is 10.1. The molecule has 0 saturated carbocycles. The Hall–Kier alpha value is -1.51. The molecule has 1 aliphatic heterocycles. The van der Waals surface area contributed by atoms with E-state index in [1.807, 2.05) is 24.3 Å². The maximum absolute atomic E-state index is 5.63. The molecule has 0 bridgehead atoms. The summed E-state index contributed by atoms with van der Waals surface area (Å²) in [6, 6.07) is 7.99. The van der Waals surface area contributed by atoms with Crippen LogP contribution >= 0.6 is 0 Å². The average Bonchev–Trinajstić information content (AvgIpc) is 2.06. The Morgan fingerprint density at radius 3 is 3.00 bits per heavy atom. The second-order valence-electron chi connectivity index (χ2n) is 2.49. The van der Waals surface area contributed by atoms with Crippen LogP contribution in [0.1, 0.15) is 11.1 Å². The van der Waals surface area contributed by atoms with Crippen molar-refractivity contribution in [2.24, 2.45) is 10.8 Å². The number of nitrogens with zero attached hydrogens (tertiary/aromatic N) is 1. The number of benzene rings is 1. The molecule has 3 nitrogen and oxygen atoms in total. The molecule has 0 spiro atoms. The standard InChI is InChI=1S/C8H9N3/c9-8-7-4-2-1-3-6(7)5-10-11-8/h1-4,10H,5H2,(H2,9,11). The third-order valence-corrected chi connectivity index (χ3v) is 1.76. The Morgan fingerprint density at radius 2 is 2.18 bits per heavy atom. The first-order chi connectivity index (χ1) is 5.38. The van der Waals surface area contributed by atoms with Gasteiger partial charge in [0.1, 0.15) is 0 Å².